The molecule has 0 amide bonds. The fourth-order valence-electron chi connectivity index (χ4n) is 1.43. The summed E-state index contributed by atoms with van der Waals surface area (Å²) in [5, 5.41) is -0.215. The number of nitrogens with one attached hydrogen (secondary N) is 1. The van der Waals surface area contributed by atoms with Crippen LogP contribution < -0.4 is 4.72 Å². The highest BCUT2D eigenvalue weighted by molar-refractivity contribution is 7.89. The zero-order valence-corrected chi connectivity index (χ0v) is 13.1. The molecule has 0 bridgehead atoms. The highest BCUT2D eigenvalue weighted by atomic mass is 35.5. The van der Waals surface area contributed by atoms with E-state index in [-0.39, 0.29) is 16.5 Å². The molecular formula is C13H19ClFNO3S. The molecule has 1 aromatic carbocycles. The molecule has 1 aromatic rings. The number of hydrogen-bond acceptors (Lipinski definition) is 3. The number of sulfonamides is 1. The lowest BCUT2D eigenvalue weighted by atomic mass is 10.2. The van der Waals surface area contributed by atoms with E-state index in [2.05, 4.69) is 4.72 Å². The molecule has 1 rings (SSSR count). The molecule has 0 aliphatic rings. The second kappa shape index (κ2) is 7.93. The maximum atomic E-state index is 13.0. The van der Waals surface area contributed by atoms with Crippen LogP contribution in [0.5, 0.6) is 0 Å². The third-order valence-electron chi connectivity index (χ3n) is 2.41. The van der Waals surface area contributed by atoms with Gasteiger partial charge in [0.25, 0.3) is 0 Å². The van der Waals surface area contributed by atoms with Crippen LogP contribution in [0.2, 0.25) is 5.02 Å². The number of rotatable bonds is 8. The van der Waals surface area contributed by atoms with E-state index in [1.807, 2.05) is 13.8 Å². The monoisotopic (exact) mass is 323 g/mol. The van der Waals surface area contributed by atoms with Crippen molar-refractivity contribution in [2.45, 2.75) is 25.2 Å². The largest absolute Gasteiger partial charge is 0.381 e. The van der Waals surface area contributed by atoms with Crippen LogP contribution in [0.25, 0.3) is 0 Å². The van der Waals surface area contributed by atoms with Crippen molar-refractivity contribution in [3.05, 3.63) is 29.0 Å². The number of ether oxygens (including phenoxy) is 1. The van der Waals surface area contributed by atoms with Crippen LogP contribution in [-0.4, -0.2) is 28.2 Å². The predicted molar refractivity (Wildman–Crippen MR) is 76.9 cm³/mol. The zero-order valence-electron chi connectivity index (χ0n) is 11.5. The molecule has 0 fully saturated rings. The summed E-state index contributed by atoms with van der Waals surface area (Å²) in [6.07, 6.45) is 0.570. The molecule has 0 radical (unpaired) electrons. The van der Waals surface area contributed by atoms with Gasteiger partial charge in [-0.05, 0) is 30.5 Å². The summed E-state index contributed by atoms with van der Waals surface area (Å²) in [7, 11) is -3.66. The summed E-state index contributed by atoms with van der Waals surface area (Å²) in [5.74, 6) is -0.194. The summed E-state index contributed by atoms with van der Waals surface area (Å²) < 4.78 is 44.6. The van der Waals surface area contributed by atoms with Crippen LogP contribution in [0.4, 0.5) is 4.39 Å². The van der Waals surface area contributed by atoms with Crippen molar-refractivity contribution < 1.29 is 17.5 Å². The topological polar surface area (TPSA) is 55.4 Å². The van der Waals surface area contributed by atoms with Crippen LogP contribution in [0, 0.1) is 11.7 Å². The van der Waals surface area contributed by atoms with Gasteiger partial charge in [-0.2, -0.15) is 0 Å². The normalized spacial score (nSPS) is 12.1. The van der Waals surface area contributed by atoms with Crippen LogP contribution in [-0.2, 0) is 14.8 Å². The highest BCUT2D eigenvalue weighted by Gasteiger charge is 2.15. The van der Waals surface area contributed by atoms with E-state index in [0.717, 1.165) is 12.1 Å². The Morgan fingerprint density at radius 2 is 2.10 bits per heavy atom. The number of benzene rings is 1. The molecule has 0 saturated carbocycles. The highest BCUT2D eigenvalue weighted by Crippen LogP contribution is 2.19. The Morgan fingerprint density at radius 3 is 2.70 bits per heavy atom. The first-order valence-corrected chi connectivity index (χ1v) is 8.21. The molecule has 0 spiro atoms. The minimum atomic E-state index is -3.66. The van der Waals surface area contributed by atoms with Crippen molar-refractivity contribution >= 4 is 21.6 Å². The van der Waals surface area contributed by atoms with Crippen LogP contribution in [0.15, 0.2) is 23.1 Å². The van der Waals surface area contributed by atoms with Crippen molar-refractivity contribution in [3.63, 3.8) is 0 Å². The van der Waals surface area contributed by atoms with Gasteiger partial charge in [-0.15, -0.1) is 0 Å². The van der Waals surface area contributed by atoms with Crippen molar-refractivity contribution in [1.29, 1.82) is 0 Å². The van der Waals surface area contributed by atoms with Gasteiger partial charge >= 0.3 is 0 Å². The van der Waals surface area contributed by atoms with Gasteiger partial charge in [0.05, 0.1) is 9.92 Å². The predicted octanol–water partition coefficient (Wildman–Crippen LogP) is 2.82. The standard InChI is InChI=1S/C13H19ClFNO3S/c1-10(2)9-19-7-3-6-16-20(17,18)11-4-5-13(15)12(14)8-11/h4-5,8,10,16H,3,6-7,9H2,1-2H3. The van der Waals surface area contributed by atoms with E-state index in [9.17, 15) is 12.8 Å². The summed E-state index contributed by atoms with van der Waals surface area (Å²) in [5.41, 5.74) is 0. The van der Waals surface area contributed by atoms with Gasteiger partial charge in [-0.25, -0.2) is 17.5 Å². The van der Waals surface area contributed by atoms with Gasteiger partial charge < -0.3 is 4.74 Å². The Hall–Kier alpha value is -0.690. The second-order valence-corrected chi connectivity index (χ2v) is 6.97. The third kappa shape index (κ3) is 5.75. The van der Waals surface area contributed by atoms with E-state index < -0.39 is 15.8 Å². The molecule has 1 N–H and O–H groups in total. The van der Waals surface area contributed by atoms with E-state index in [4.69, 9.17) is 16.3 Å². The van der Waals surface area contributed by atoms with E-state index in [1.165, 1.54) is 6.07 Å². The Labute approximate surface area is 124 Å². The van der Waals surface area contributed by atoms with Crippen LogP contribution in [0.3, 0.4) is 0 Å². The van der Waals surface area contributed by atoms with Crippen LogP contribution >= 0.6 is 11.6 Å². The SMILES string of the molecule is CC(C)COCCCNS(=O)(=O)c1ccc(F)c(Cl)c1. The Kier molecular flexibility index (Phi) is 6.88. The Morgan fingerprint density at radius 1 is 1.40 bits per heavy atom. The van der Waals surface area contributed by atoms with Gasteiger partial charge in [0.1, 0.15) is 5.82 Å². The molecule has 0 heterocycles. The minimum absolute atomic E-state index is 0.0491. The zero-order chi connectivity index (χ0) is 15.2. The summed E-state index contributed by atoms with van der Waals surface area (Å²) in [6.45, 7) is 5.49. The maximum Gasteiger partial charge on any atom is 0.240 e. The first-order valence-electron chi connectivity index (χ1n) is 6.35. The van der Waals surface area contributed by atoms with Crippen molar-refractivity contribution in [2.75, 3.05) is 19.8 Å². The van der Waals surface area contributed by atoms with Crippen LogP contribution in [0.1, 0.15) is 20.3 Å². The molecule has 0 aromatic heterocycles. The number of halogens is 2. The average Bonchev–Trinajstić information content (AvgIpc) is 2.36. The lowest BCUT2D eigenvalue weighted by molar-refractivity contribution is 0.108. The summed E-state index contributed by atoms with van der Waals surface area (Å²) >= 11 is 5.56. The van der Waals surface area contributed by atoms with Crippen molar-refractivity contribution in [2.24, 2.45) is 5.92 Å². The number of hydrogen-bond donors (Lipinski definition) is 1. The molecule has 7 heteroatoms. The van der Waals surface area contributed by atoms with Crippen molar-refractivity contribution in [3.8, 4) is 0 Å². The quantitative estimate of drug-likeness (QED) is 0.748. The van der Waals surface area contributed by atoms with E-state index >= 15 is 0 Å². The van der Waals surface area contributed by atoms with Gasteiger partial charge in [0.2, 0.25) is 10.0 Å². The molecule has 4 nitrogen and oxygen atoms in total. The maximum absolute atomic E-state index is 13.0. The third-order valence-corrected chi connectivity index (χ3v) is 4.16. The average molecular weight is 324 g/mol. The molecule has 0 aliphatic heterocycles. The Bertz CT molecular complexity index is 534. The van der Waals surface area contributed by atoms with E-state index in [1.54, 1.807) is 0 Å². The smallest absolute Gasteiger partial charge is 0.240 e. The lowest BCUT2D eigenvalue weighted by Gasteiger charge is -2.09. The molecule has 114 valence electrons. The first kappa shape index (κ1) is 17.4. The molecule has 0 unspecified atom stereocenters. The fraction of sp³-hybridized carbons (Fsp3) is 0.538. The summed E-state index contributed by atoms with van der Waals surface area (Å²) in [4.78, 5) is -0.0491. The lowest BCUT2D eigenvalue weighted by Crippen LogP contribution is -2.25. The fourth-order valence-corrected chi connectivity index (χ4v) is 2.77. The second-order valence-electron chi connectivity index (χ2n) is 4.80. The minimum Gasteiger partial charge on any atom is -0.381 e. The van der Waals surface area contributed by atoms with Gasteiger partial charge in [0, 0.05) is 19.8 Å². The molecule has 0 atom stereocenters. The molecule has 20 heavy (non-hydrogen) atoms. The summed E-state index contributed by atoms with van der Waals surface area (Å²) in [6, 6.07) is 3.30. The van der Waals surface area contributed by atoms with Crippen molar-refractivity contribution in [1.82, 2.24) is 4.72 Å². The molecular weight excluding hydrogens is 305 g/mol. The Balaban J connectivity index is 2.43. The molecule has 0 saturated heterocycles. The van der Waals surface area contributed by atoms with Gasteiger partial charge in [0.15, 0.2) is 0 Å². The molecule has 0 aliphatic carbocycles. The van der Waals surface area contributed by atoms with Gasteiger partial charge in [-0.1, -0.05) is 25.4 Å². The van der Waals surface area contributed by atoms with Gasteiger partial charge in [-0.3, -0.25) is 0 Å². The van der Waals surface area contributed by atoms with E-state index in [0.29, 0.717) is 25.6 Å². The first-order chi connectivity index (χ1) is 9.33.